The first-order valence-corrected chi connectivity index (χ1v) is 26.1. The number of fused-ring (bicyclic) bond motifs is 2. The second-order valence-corrected chi connectivity index (χ2v) is 18.6. The predicted molar refractivity (Wildman–Crippen MR) is 268 cm³/mol. The molecule has 2 fully saturated rings. The van der Waals surface area contributed by atoms with Gasteiger partial charge in [0.1, 0.15) is 59.6 Å². The van der Waals surface area contributed by atoms with Crippen LogP contribution in [0.1, 0.15) is 87.5 Å². The summed E-state index contributed by atoms with van der Waals surface area (Å²) in [4.78, 5) is 67.0. The van der Waals surface area contributed by atoms with Crippen LogP contribution in [0.25, 0.3) is 21.9 Å². The van der Waals surface area contributed by atoms with Crippen LogP contribution in [-0.4, -0.2) is 122 Å². The van der Waals surface area contributed by atoms with E-state index in [4.69, 9.17) is 52.0 Å². The van der Waals surface area contributed by atoms with E-state index < -0.39 is 80.3 Å². The fourth-order valence-electron chi connectivity index (χ4n) is 8.38. The zero-order valence-corrected chi connectivity index (χ0v) is 45.8. The van der Waals surface area contributed by atoms with E-state index in [0.717, 1.165) is 12.4 Å². The largest absolute Gasteiger partial charge is 0.674 e. The molecular weight excluding hydrogens is 1110 g/mol. The molecule has 0 spiro atoms. The third kappa shape index (κ3) is 16.3. The molecule has 2 aliphatic rings. The molecule has 0 saturated carbocycles. The molecule has 1 unspecified atom stereocenters. The van der Waals surface area contributed by atoms with Gasteiger partial charge in [-0.3, -0.25) is 18.7 Å². The molecule has 0 amide bonds. The SMILES string of the molecule is CC[C@H]1O[C@@H](n2ccc(CC(=O)OCc3cc4cc(OC)cc(CO)c4o3)nc2=O)C(F)(F)[C@@H]1O.CC[NH+](CC)CC.COc1cc(CO)c2oc(COC(=O)Cc3ccn([C@@H]4O[C@H](C)[C@@H](O)C4(F)F)c(=O)n3)cc2c1.O=[P+]([O-])O[O-]. The molecule has 0 radical (unpaired) electrons. The Morgan fingerprint density at radius 3 is 1.43 bits per heavy atom. The number of rotatable bonds is 19. The monoisotopic (exact) mass is 1170 g/mol. The van der Waals surface area contributed by atoms with E-state index in [-0.39, 0.29) is 57.1 Å². The highest BCUT2D eigenvalue weighted by atomic mass is 31.1. The number of nitrogens with one attached hydrogen (secondary N) is 1. The Labute approximate surface area is 459 Å². The van der Waals surface area contributed by atoms with Crippen LogP contribution in [0.2, 0.25) is 0 Å². The molecular formula is C51H62F4N5O20P. The number of aromatic nitrogens is 4. The van der Waals surface area contributed by atoms with Crippen molar-refractivity contribution >= 4 is 42.1 Å². The zero-order valence-electron chi connectivity index (χ0n) is 44.9. The molecule has 7 atom stereocenters. The number of nitrogens with zero attached hydrogens (tertiary/aromatic N) is 4. The summed E-state index contributed by atoms with van der Waals surface area (Å²) in [5.41, 5.74) is -0.187. The van der Waals surface area contributed by atoms with Crippen molar-refractivity contribution in [3.8, 4) is 11.5 Å². The lowest BCUT2D eigenvalue weighted by atomic mass is 10.1. The van der Waals surface area contributed by atoms with Crippen LogP contribution in [0.3, 0.4) is 0 Å². The zero-order chi connectivity index (χ0) is 59.9. The van der Waals surface area contributed by atoms with Gasteiger partial charge in [-0.25, -0.2) is 14.3 Å². The van der Waals surface area contributed by atoms with Crippen molar-refractivity contribution in [1.29, 1.82) is 0 Å². The fraction of sp³-hybridized carbons (Fsp3) is 0.490. The summed E-state index contributed by atoms with van der Waals surface area (Å²) >= 11 is 0. The molecule has 2 aliphatic heterocycles. The Hall–Kier alpha value is -6.76. The lowest BCUT2D eigenvalue weighted by Crippen LogP contribution is -3.11. The molecule has 25 nitrogen and oxygen atoms in total. The van der Waals surface area contributed by atoms with Crippen molar-refractivity contribution in [3.63, 3.8) is 0 Å². The topological polar surface area (TPSA) is 343 Å². The van der Waals surface area contributed by atoms with E-state index >= 15 is 0 Å². The second-order valence-electron chi connectivity index (χ2n) is 18.0. The maximum atomic E-state index is 14.4. The van der Waals surface area contributed by atoms with E-state index in [1.54, 1.807) is 48.2 Å². The van der Waals surface area contributed by atoms with Gasteiger partial charge in [-0.05, 0) is 87.2 Å². The molecule has 5 N–H and O–H groups in total. The number of benzene rings is 2. The molecule has 4 aromatic heterocycles. The van der Waals surface area contributed by atoms with Gasteiger partial charge in [0.2, 0.25) is 12.5 Å². The Morgan fingerprint density at radius 1 is 0.716 bits per heavy atom. The van der Waals surface area contributed by atoms with Gasteiger partial charge >= 0.3 is 43.4 Å². The molecule has 444 valence electrons. The normalized spacial score (nSPS) is 19.9. The first-order valence-electron chi connectivity index (χ1n) is 25.0. The van der Waals surface area contributed by atoms with Crippen LogP contribution in [0, 0.1) is 0 Å². The third-order valence-electron chi connectivity index (χ3n) is 12.8. The van der Waals surface area contributed by atoms with Crippen LogP contribution in [-0.2, 0) is 77.0 Å². The van der Waals surface area contributed by atoms with E-state index in [1.165, 1.54) is 52.9 Å². The van der Waals surface area contributed by atoms with Crippen molar-refractivity contribution in [3.05, 3.63) is 116 Å². The number of alkyl halides is 4. The van der Waals surface area contributed by atoms with Crippen molar-refractivity contribution in [2.24, 2.45) is 0 Å². The Balaban J connectivity index is 0.000000247. The smallest absolute Gasteiger partial charge is 0.479 e. The summed E-state index contributed by atoms with van der Waals surface area (Å²) in [5, 5.41) is 48.2. The predicted octanol–water partition coefficient (Wildman–Crippen LogP) is 2.00. The van der Waals surface area contributed by atoms with Gasteiger partial charge in [-0.1, -0.05) is 6.92 Å². The van der Waals surface area contributed by atoms with Crippen molar-refractivity contribution < 1.29 is 109 Å². The minimum Gasteiger partial charge on any atom is -0.674 e. The number of ether oxygens (including phenoxy) is 6. The second kappa shape index (κ2) is 29.3. The molecule has 2 aromatic carbocycles. The van der Waals surface area contributed by atoms with Crippen molar-refractivity contribution in [2.45, 2.75) is 129 Å². The number of methoxy groups -OCH3 is 2. The van der Waals surface area contributed by atoms with Gasteiger partial charge in [0.25, 0.3) is 0 Å². The molecule has 6 aromatic rings. The van der Waals surface area contributed by atoms with E-state index in [1.807, 2.05) is 0 Å². The number of esters is 2. The average Bonchev–Trinajstić information content (AvgIpc) is 4.41. The highest BCUT2D eigenvalue weighted by molar-refractivity contribution is 7.30. The van der Waals surface area contributed by atoms with E-state index in [9.17, 15) is 57.2 Å². The number of carbonyl (C=O) groups is 2. The molecule has 30 heteroatoms. The molecule has 2 saturated heterocycles. The van der Waals surface area contributed by atoms with Crippen LogP contribution in [0.15, 0.2) is 79.3 Å². The molecule has 0 aliphatic carbocycles. The summed E-state index contributed by atoms with van der Waals surface area (Å²) < 4.78 is 112. The number of furan rings is 2. The van der Waals surface area contributed by atoms with Gasteiger partial charge < -0.3 is 72.7 Å². The Morgan fingerprint density at radius 2 is 1.12 bits per heavy atom. The molecule has 6 heterocycles. The number of hydrogen-bond donors (Lipinski definition) is 5. The van der Waals surface area contributed by atoms with Gasteiger partial charge in [0.15, 0.2) is 0 Å². The minimum absolute atomic E-state index is 0.0121. The van der Waals surface area contributed by atoms with Gasteiger partial charge in [-0.2, -0.15) is 27.5 Å². The fourth-order valence-corrected chi connectivity index (χ4v) is 8.38. The van der Waals surface area contributed by atoms with Crippen LogP contribution < -0.4 is 35.9 Å². The number of aliphatic hydroxyl groups is 4. The summed E-state index contributed by atoms with van der Waals surface area (Å²) in [6, 6.07) is 12.4. The van der Waals surface area contributed by atoms with E-state index in [0.29, 0.717) is 65.2 Å². The van der Waals surface area contributed by atoms with Crippen LogP contribution in [0.4, 0.5) is 17.6 Å². The summed E-state index contributed by atoms with van der Waals surface area (Å²) in [6.07, 6.45) is -8.96. The van der Waals surface area contributed by atoms with Crippen LogP contribution in [0.5, 0.6) is 11.5 Å². The summed E-state index contributed by atoms with van der Waals surface area (Å²) in [7, 11) is -0.165. The average molecular weight is 1170 g/mol. The highest BCUT2D eigenvalue weighted by Crippen LogP contribution is 2.44. The standard InChI is InChI=1S/C23H24F2N2O8.C22H22F2N2O8.C6H15N.HO4P/c1-3-17-20(30)23(24,25)21(35-17)27-5-4-14(26-22(27)31)9-18(29)33-11-16-7-12-6-15(32-2)8-13(10-28)19(12)34-16;1-11-19(29)22(23,24)20(33-11)26-4-3-14(25-21(26)30)8-17(28)32-10-16-6-12-5-15(31-2)7-13(9-27)18(12)34-16;1-4-7(5-2)6-3;1-4-5(2)3/h4-8,17,20-21,28,30H,3,9-11H2,1-2H3;3-7,11,19-20,27,29H,8-10H2,1-2H3;4-6H2,1-3H3;1H/t17-,20-,21-;11-,19-,20-;;/m11../s1. The lowest BCUT2D eigenvalue weighted by Gasteiger charge is -2.21. The Kier molecular flexibility index (Phi) is 23.5. The number of quaternary nitrogens is 1. The first-order chi connectivity index (χ1) is 38.4. The van der Waals surface area contributed by atoms with Crippen molar-refractivity contribution in [2.75, 3.05) is 33.9 Å². The first kappa shape index (κ1) is 65.1. The van der Waals surface area contributed by atoms with Gasteiger partial charge in [0, 0.05) is 34.3 Å². The summed E-state index contributed by atoms with van der Waals surface area (Å²) in [5.74, 6) is -7.10. The summed E-state index contributed by atoms with van der Waals surface area (Å²) in [6.45, 7) is 12.4. The molecule has 0 bridgehead atoms. The molecule has 8 rings (SSSR count). The van der Waals surface area contributed by atoms with Crippen LogP contribution >= 0.6 is 8.25 Å². The maximum absolute atomic E-state index is 14.4. The molecule has 81 heavy (non-hydrogen) atoms. The highest BCUT2D eigenvalue weighted by Gasteiger charge is 2.59. The lowest BCUT2D eigenvalue weighted by molar-refractivity contribution is -0.894. The quantitative estimate of drug-likeness (QED) is 0.0254. The third-order valence-corrected chi connectivity index (χ3v) is 12.9. The van der Waals surface area contributed by atoms with Gasteiger partial charge in [0.05, 0.1) is 83.5 Å². The number of aliphatic hydroxyl groups excluding tert-OH is 4. The number of carbonyl (C=O) groups excluding carboxylic acids is 2. The van der Waals surface area contributed by atoms with E-state index in [2.05, 4.69) is 35.4 Å². The van der Waals surface area contributed by atoms with Gasteiger partial charge in [-0.15, -0.1) is 0 Å². The maximum Gasteiger partial charge on any atom is 0.479 e. The van der Waals surface area contributed by atoms with Crippen molar-refractivity contribution in [1.82, 2.24) is 19.1 Å². The minimum atomic E-state index is -3.68. The Bertz CT molecular complexity index is 3200. The number of halogens is 4. The number of hydrogen-bond acceptors (Lipinski definition) is 22.